The Labute approximate surface area is 186 Å². The monoisotopic (exact) mass is 429 g/mol. The van der Waals surface area contributed by atoms with Gasteiger partial charge in [0, 0.05) is 32.0 Å². The topological polar surface area (TPSA) is 81.8 Å². The molecule has 164 valence electrons. The fourth-order valence-corrected chi connectivity index (χ4v) is 4.33. The molecule has 2 heterocycles. The van der Waals surface area contributed by atoms with E-state index in [0.29, 0.717) is 36.1 Å². The maximum absolute atomic E-state index is 12.9. The number of benzene rings is 2. The maximum Gasteiger partial charge on any atom is 0.261 e. The first-order valence-electron chi connectivity index (χ1n) is 11.3. The number of aromatic nitrogens is 4. The molecule has 32 heavy (non-hydrogen) atoms. The van der Waals surface area contributed by atoms with E-state index < -0.39 is 0 Å². The third-order valence-corrected chi connectivity index (χ3v) is 6.09. The van der Waals surface area contributed by atoms with Crippen LogP contribution in [0.5, 0.6) is 0 Å². The standard InChI is InChI=1S/C25H27N5O2/c1-17-27-21-9-4-5-10-22(21)29(17)16-6-15-26-24(31)14-13-23-28-20-8-3-2-7-19(20)25(32)30(23)18-11-12-18/h2-5,7-10,18H,6,11-16H2,1H3,(H,26,31). The number of nitrogens with one attached hydrogen (secondary N) is 1. The molecular weight excluding hydrogens is 402 g/mol. The molecule has 0 atom stereocenters. The van der Waals surface area contributed by atoms with E-state index in [-0.39, 0.29) is 17.5 Å². The average Bonchev–Trinajstić information content (AvgIpc) is 3.58. The maximum atomic E-state index is 12.9. The first kappa shape index (κ1) is 20.4. The van der Waals surface area contributed by atoms with Crippen LogP contribution in [-0.2, 0) is 17.8 Å². The van der Waals surface area contributed by atoms with Gasteiger partial charge in [-0.05, 0) is 50.5 Å². The highest BCUT2D eigenvalue weighted by Crippen LogP contribution is 2.34. The van der Waals surface area contributed by atoms with Crippen molar-refractivity contribution < 1.29 is 4.79 Å². The summed E-state index contributed by atoms with van der Waals surface area (Å²) in [4.78, 5) is 34.7. The van der Waals surface area contributed by atoms with Crippen molar-refractivity contribution >= 4 is 27.8 Å². The van der Waals surface area contributed by atoms with Gasteiger partial charge in [0.05, 0.1) is 21.9 Å². The second kappa shape index (κ2) is 8.57. The van der Waals surface area contributed by atoms with Gasteiger partial charge in [-0.3, -0.25) is 14.2 Å². The lowest BCUT2D eigenvalue weighted by atomic mass is 10.2. The zero-order valence-electron chi connectivity index (χ0n) is 18.3. The van der Waals surface area contributed by atoms with E-state index in [9.17, 15) is 9.59 Å². The molecule has 4 aromatic rings. The summed E-state index contributed by atoms with van der Waals surface area (Å²) in [6, 6.07) is 15.8. The van der Waals surface area contributed by atoms with Crippen LogP contribution in [0.2, 0.25) is 0 Å². The number of imidazole rings is 1. The number of rotatable bonds is 8. The molecule has 0 aliphatic heterocycles. The number of nitrogens with zero attached hydrogens (tertiary/aromatic N) is 4. The summed E-state index contributed by atoms with van der Waals surface area (Å²) >= 11 is 0. The molecule has 0 unspecified atom stereocenters. The minimum atomic E-state index is -0.0121. The fourth-order valence-electron chi connectivity index (χ4n) is 4.33. The molecule has 0 spiro atoms. The molecule has 7 heteroatoms. The number of fused-ring (bicyclic) bond motifs is 2. The van der Waals surface area contributed by atoms with Crippen molar-refractivity contribution in [2.45, 2.75) is 51.6 Å². The van der Waals surface area contributed by atoms with Gasteiger partial charge >= 0.3 is 0 Å². The SMILES string of the molecule is Cc1nc2ccccc2n1CCCNC(=O)CCc1nc2ccccc2c(=O)n1C1CC1. The lowest BCUT2D eigenvalue weighted by molar-refractivity contribution is -0.121. The Morgan fingerprint density at radius 1 is 1.06 bits per heavy atom. The summed E-state index contributed by atoms with van der Waals surface area (Å²) in [5.74, 6) is 1.69. The van der Waals surface area contributed by atoms with Crippen molar-refractivity contribution in [3.8, 4) is 0 Å². The smallest absolute Gasteiger partial charge is 0.261 e. The normalized spacial score (nSPS) is 13.7. The Morgan fingerprint density at radius 2 is 1.81 bits per heavy atom. The summed E-state index contributed by atoms with van der Waals surface area (Å²) in [7, 11) is 0. The predicted molar refractivity (Wildman–Crippen MR) is 125 cm³/mol. The number of para-hydroxylation sites is 3. The highest BCUT2D eigenvalue weighted by Gasteiger charge is 2.28. The van der Waals surface area contributed by atoms with Gasteiger partial charge in [0.25, 0.3) is 5.56 Å². The van der Waals surface area contributed by atoms with Crippen LogP contribution < -0.4 is 10.9 Å². The van der Waals surface area contributed by atoms with Crippen molar-refractivity contribution in [2.75, 3.05) is 6.54 Å². The van der Waals surface area contributed by atoms with Crippen LogP contribution in [-0.4, -0.2) is 31.6 Å². The van der Waals surface area contributed by atoms with Gasteiger partial charge in [-0.2, -0.15) is 0 Å². The van der Waals surface area contributed by atoms with E-state index in [4.69, 9.17) is 4.98 Å². The number of hydrogen-bond donors (Lipinski definition) is 1. The van der Waals surface area contributed by atoms with Crippen LogP contribution in [0.4, 0.5) is 0 Å². The highest BCUT2D eigenvalue weighted by atomic mass is 16.1. The number of hydrogen-bond acceptors (Lipinski definition) is 4. The lowest BCUT2D eigenvalue weighted by Gasteiger charge is -2.13. The quantitative estimate of drug-likeness (QED) is 0.435. The van der Waals surface area contributed by atoms with Crippen molar-refractivity contribution in [1.82, 2.24) is 24.4 Å². The van der Waals surface area contributed by atoms with Crippen LogP contribution in [0.3, 0.4) is 0 Å². The molecule has 0 saturated heterocycles. The first-order valence-corrected chi connectivity index (χ1v) is 11.3. The molecule has 1 fully saturated rings. The summed E-state index contributed by atoms with van der Waals surface area (Å²) in [6.45, 7) is 3.42. The lowest BCUT2D eigenvalue weighted by Crippen LogP contribution is -2.28. The van der Waals surface area contributed by atoms with Crippen LogP contribution in [0.25, 0.3) is 21.9 Å². The second-order valence-corrected chi connectivity index (χ2v) is 8.45. The number of amides is 1. The second-order valence-electron chi connectivity index (χ2n) is 8.45. The highest BCUT2D eigenvalue weighted by molar-refractivity contribution is 5.78. The van der Waals surface area contributed by atoms with Gasteiger partial charge in [0.1, 0.15) is 11.6 Å². The van der Waals surface area contributed by atoms with Crippen molar-refractivity contribution in [1.29, 1.82) is 0 Å². The van der Waals surface area contributed by atoms with Crippen LogP contribution in [0.1, 0.15) is 43.4 Å². The van der Waals surface area contributed by atoms with E-state index >= 15 is 0 Å². The van der Waals surface area contributed by atoms with Gasteiger partial charge < -0.3 is 9.88 Å². The van der Waals surface area contributed by atoms with Crippen molar-refractivity contribution in [3.63, 3.8) is 0 Å². The van der Waals surface area contributed by atoms with Gasteiger partial charge in [-0.25, -0.2) is 9.97 Å². The average molecular weight is 430 g/mol. The van der Waals surface area contributed by atoms with Crippen molar-refractivity contribution in [2.24, 2.45) is 0 Å². The summed E-state index contributed by atoms with van der Waals surface area (Å²) < 4.78 is 4.00. The number of carbonyl (C=O) groups is 1. The van der Waals surface area contributed by atoms with E-state index in [1.807, 2.05) is 54.0 Å². The Hall–Kier alpha value is -3.48. The molecule has 1 aliphatic carbocycles. The van der Waals surface area contributed by atoms with Gasteiger partial charge in [0.15, 0.2) is 0 Å². The third-order valence-electron chi connectivity index (χ3n) is 6.09. The largest absolute Gasteiger partial charge is 0.356 e. The molecule has 1 aliphatic rings. The predicted octanol–water partition coefficient (Wildman–Crippen LogP) is 3.53. The molecule has 2 aromatic heterocycles. The summed E-state index contributed by atoms with van der Waals surface area (Å²) in [5.41, 5.74) is 2.83. The van der Waals surface area contributed by atoms with Gasteiger partial charge in [-0.1, -0.05) is 24.3 Å². The molecule has 7 nitrogen and oxygen atoms in total. The molecule has 2 aromatic carbocycles. The van der Waals surface area contributed by atoms with Gasteiger partial charge in [0.2, 0.25) is 5.91 Å². The number of carbonyl (C=O) groups excluding carboxylic acids is 1. The third kappa shape index (κ3) is 4.02. The molecule has 0 bridgehead atoms. The van der Waals surface area contributed by atoms with Crippen molar-refractivity contribution in [3.05, 3.63) is 70.5 Å². The van der Waals surface area contributed by atoms with E-state index in [0.717, 1.165) is 42.7 Å². The molecular formula is C25H27N5O2. The minimum absolute atomic E-state index is 0.0106. The first-order chi connectivity index (χ1) is 15.6. The Balaban J connectivity index is 1.19. The van der Waals surface area contributed by atoms with E-state index in [2.05, 4.69) is 20.9 Å². The van der Waals surface area contributed by atoms with Crippen LogP contribution >= 0.6 is 0 Å². The Morgan fingerprint density at radius 3 is 2.62 bits per heavy atom. The zero-order chi connectivity index (χ0) is 22.1. The minimum Gasteiger partial charge on any atom is -0.356 e. The van der Waals surface area contributed by atoms with E-state index in [1.165, 1.54) is 0 Å². The summed E-state index contributed by atoms with van der Waals surface area (Å²) in [5, 5.41) is 3.66. The molecule has 1 saturated carbocycles. The number of aryl methyl sites for hydroxylation is 3. The van der Waals surface area contributed by atoms with E-state index in [1.54, 1.807) is 0 Å². The van der Waals surface area contributed by atoms with Crippen LogP contribution in [0, 0.1) is 6.92 Å². The van der Waals surface area contributed by atoms with Crippen LogP contribution in [0.15, 0.2) is 53.3 Å². The zero-order valence-corrected chi connectivity index (χ0v) is 18.3. The molecule has 1 amide bonds. The molecule has 1 N–H and O–H groups in total. The summed E-state index contributed by atoms with van der Waals surface area (Å²) in [6.07, 6.45) is 3.62. The fraction of sp³-hybridized carbons (Fsp3) is 0.360. The molecule has 0 radical (unpaired) electrons. The molecule has 5 rings (SSSR count). The Kier molecular flexibility index (Phi) is 5.47. The Bertz CT molecular complexity index is 1350. The van der Waals surface area contributed by atoms with Gasteiger partial charge in [-0.15, -0.1) is 0 Å².